The van der Waals surface area contributed by atoms with Crippen LogP contribution < -0.4 is 10.1 Å². The van der Waals surface area contributed by atoms with Crippen LogP contribution in [0.15, 0.2) is 42.5 Å². The van der Waals surface area contributed by atoms with Gasteiger partial charge in [-0.2, -0.15) is 0 Å². The van der Waals surface area contributed by atoms with E-state index in [0.29, 0.717) is 4.88 Å². The van der Waals surface area contributed by atoms with E-state index in [4.69, 9.17) is 4.74 Å². The molecule has 0 radical (unpaired) electrons. The van der Waals surface area contributed by atoms with Crippen molar-refractivity contribution in [2.75, 3.05) is 25.5 Å². The van der Waals surface area contributed by atoms with Gasteiger partial charge in [0, 0.05) is 11.4 Å². The molecule has 1 heterocycles. The van der Waals surface area contributed by atoms with Crippen LogP contribution in [0.25, 0.3) is 10.4 Å². The molecule has 2 aromatic carbocycles. The number of aryl methyl sites for hydroxylation is 2. The summed E-state index contributed by atoms with van der Waals surface area (Å²) in [5.74, 6) is -1.88. The third-order valence-corrected chi connectivity index (χ3v) is 6.67. The van der Waals surface area contributed by atoms with Crippen LogP contribution in [-0.2, 0) is 17.6 Å². The van der Waals surface area contributed by atoms with Crippen molar-refractivity contribution in [3.05, 3.63) is 70.1 Å². The number of anilines is 1. The average Bonchev–Trinajstić information content (AvgIpc) is 3.24. The van der Waals surface area contributed by atoms with Crippen molar-refractivity contribution in [3.63, 3.8) is 0 Å². The summed E-state index contributed by atoms with van der Waals surface area (Å²) < 4.78 is 32.9. The van der Waals surface area contributed by atoms with Gasteiger partial charge >= 0.3 is 0 Å². The summed E-state index contributed by atoms with van der Waals surface area (Å²) in [5, 5.41) is 2.23. The monoisotopic (exact) mass is 456 g/mol. The van der Waals surface area contributed by atoms with Gasteiger partial charge in [-0.15, -0.1) is 11.3 Å². The Morgan fingerprint density at radius 3 is 2.50 bits per heavy atom. The normalized spacial score (nSPS) is 12.0. The number of thiophene rings is 1. The summed E-state index contributed by atoms with van der Waals surface area (Å²) in [7, 11) is 1.63. The molecule has 2 amide bonds. The molecule has 0 unspecified atom stereocenters. The quantitative estimate of drug-likeness (QED) is 0.574. The lowest BCUT2D eigenvalue weighted by atomic mass is 9.91. The second-order valence-electron chi connectivity index (χ2n) is 7.45. The highest BCUT2D eigenvalue weighted by Crippen LogP contribution is 2.41. The Labute approximate surface area is 188 Å². The van der Waals surface area contributed by atoms with Crippen LogP contribution in [0.3, 0.4) is 0 Å². The maximum absolute atomic E-state index is 13.8. The fraction of sp³-hybridized carbons (Fsp3) is 0.250. The number of fused-ring (bicyclic) bond motifs is 3. The molecule has 0 aliphatic heterocycles. The van der Waals surface area contributed by atoms with Crippen LogP contribution in [0.1, 0.15) is 27.7 Å². The molecule has 0 saturated carbocycles. The van der Waals surface area contributed by atoms with Gasteiger partial charge in [-0.25, -0.2) is 8.78 Å². The van der Waals surface area contributed by atoms with Crippen molar-refractivity contribution in [1.29, 1.82) is 0 Å². The lowest BCUT2D eigenvalue weighted by molar-refractivity contribution is -0.116. The first kappa shape index (κ1) is 22.0. The molecule has 0 saturated heterocycles. The molecule has 4 rings (SSSR count). The van der Waals surface area contributed by atoms with Crippen molar-refractivity contribution < 1.29 is 23.1 Å². The van der Waals surface area contributed by atoms with E-state index in [1.54, 1.807) is 14.0 Å². The minimum atomic E-state index is -0.867. The average molecular weight is 457 g/mol. The number of nitrogens with zero attached hydrogens (tertiary/aromatic N) is 1. The number of ether oxygens (including phenoxy) is 1. The highest BCUT2D eigenvalue weighted by molar-refractivity contribution is 7.17. The molecule has 1 N–H and O–H groups in total. The molecule has 5 nitrogen and oxygen atoms in total. The first-order chi connectivity index (χ1) is 15.4. The van der Waals surface area contributed by atoms with Gasteiger partial charge in [0.05, 0.1) is 12.0 Å². The van der Waals surface area contributed by atoms with E-state index in [0.717, 1.165) is 46.7 Å². The number of carbonyl (C=O) groups is 2. The summed E-state index contributed by atoms with van der Waals surface area (Å²) >= 11 is 1.40. The Morgan fingerprint density at radius 1 is 1.09 bits per heavy atom. The van der Waals surface area contributed by atoms with Crippen LogP contribution in [0.2, 0.25) is 0 Å². The Hall–Kier alpha value is -3.26. The lowest BCUT2D eigenvalue weighted by Gasteiger charge is -2.19. The molecule has 0 fully saturated rings. The number of methoxy groups -OCH3 is 1. The molecular formula is C24H22F2N2O3S. The number of hydrogen-bond donors (Lipinski definition) is 1. The van der Waals surface area contributed by atoms with Crippen molar-refractivity contribution in [3.8, 4) is 16.2 Å². The van der Waals surface area contributed by atoms with Gasteiger partial charge in [-0.1, -0.05) is 6.07 Å². The predicted octanol–water partition coefficient (Wildman–Crippen LogP) is 4.90. The van der Waals surface area contributed by atoms with Gasteiger partial charge in [-0.3, -0.25) is 9.59 Å². The molecular weight excluding hydrogens is 434 g/mol. The number of carbonyl (C=O) groups excluding carboxylic acids is 2. The van der Waals surface area contributed by atoms with E-state index in [1.165, 1.54) is 27.9 Å². The van der Waals surface area contributed by atoms with E-state index >= 15 is 0 Å². The maximum Gasteiger partial charge on any atom is 0.264 e. The van der Waals surface area contributed by atoms with E-state index in [-0.39, 0.29) is 19.0 Å². The fourth-order valence-electron chi connectivity index (χ4n) is 3.80. The molecule has 8 heteroatoms. The number of likely N-dealkylation sites (N-methyl/N-ethyl adjacent to an activating group) is 1. The van der Waals surface area contributed by atoms with Crippen LogP contribution in [0.5, 0.6) is 5.75 Å². The Kier molecular flexibility index (Phi) is 6.23. The number of amides is 2. The highest BCUT2D eigenvalue weighted by atomic mass is 32.1. The number of nitrogens with one attached hydrogen (secondary N) is 1. The minimum Gasteiger partial charge on any atom is -0.497 e. The van der Waals surface area contributed by atoms with Crippen LogP contribution in [-0.4, -0.2) is 36.9 Å². The summed E-state index contributed by atoms with van der Waals surface area (Å²) in [6, 6.07) is 11.1. The van der Waals surface area contributed by atoms with E-state index in [9.17, 15) is 18.4 Å². The first-order valence-corrected chi connectivity index (χ1v) is 11.1. The molecule has 32 heavy (non-hydrogen) atoms. The molecule has 3 aromatic rings. The van der Waals surface area contributed by atoms with Gasteiger partial charge in [0.25, 0.3) is 5.91 Å². The number of para-hydroxylation sites is 1. The Bertz CT molecular complexity index is 1170. The third-order valence-electron chi connectivity index (χ3n) is 5.47. The van der Waals surface area contributed by atoms with E-state index in [1.807, 2.05) is 24.3 Å². The largest absolute Gasteiger partial charge is 0.497 e. The topological polar surface area (TPSA) is 58.6 Å². The molecule has 0 bridgehead atoms. The summed E-state index contributed by atoms with van der Waals surface area (Å²) in [6.07, 6.45) is 1.68. The van der Waals surface area contributed by atoms with Crippen molar-refractivity contribution in [2.24, 2.45) is 0 Å². The highest BCUT2D eigenvalue weighted by Gasteiger charge is 2.25. The van der Waals surface area contributed by atoms with Gasteiger partial charge in [0.15, 0.2) is 0 Å². The van der Waals surface area contributed by atoms with Gasteiger partial charge in [0.2, 0.25) is 5.91 Å². The number of halogens is 2. The van der Waals surface area contributed by atoms with Gasteiger partial charge < -0.3 is 15.0 Å². The number of rotatable bonds is 6. The third kappa shape index (κ3) is 4.23. The zero-order valence-corrected chi connectivity index (χ0v) is 18.5. The number of benzene rings is 2. The van der Waals surface area contributed by atoms with Crippen molar-refractivity contribution in [1.82, 2.24) is 4.90 Å². The second-order valence-corrected chi connectivity index (χ2v) is 8.50. The summed E-state index contributed by atoms with van der Waals surface area (Å²) in [6.45, 7) is 1.73. The standard InChI is InChI=1S/C24H22F2N2O3S/c1-3-28(13-21(29)27-22-18(25)5-4-6-19(22)26)24(30)20-12-15-8-7-14-11-16(31-2)9-10-17(14)23(15)32-20/h4-6,9-12H,3,7-8,13H2,1-2H3,(H,27,29). The molecule has 1 aliphatic rings. The van der Waals surface area contributed by atoms with E-state index < -0.39 is 23.2 Å². The van der Waals surface area contributed by atoms with Crippen LogP contribution in [0.4, 0.5) is 14.5 Å². The van der Waals surface area contributed by atoms with E-state index in [2.05, 4.69) is 5.32 Å². The van der Waals surface area contributed by atoms with Crippen molar-refractivity contribution in [2.45, 2.75) is 19.8 Å². The Morgan fingerprint density at radius 2 is 1.81 bits per heavy atom. The van der Waals surface area contributed by atoms with Crippen LogP contribution >= 0.6 is 11.3 Å². The van der Waals surface area contributed by atoms with Crippen molar-refractivity contribution >= 4 is 28.8 Å². The maximum atomic E-state index is 13.8. The number of hydrogen-bond acceptors (Lipinski definition) is 4. The fourth-order valence-corrected chi connectivity index (χ4v) is 5.03. The molecule has 0 atom stereocenters. The smallest absolute Gasteiger partial charge is 0.264 e. The first-order valence-electron chi connectivity index (χ1n) is 10.2. The zero-order valence-electron chi connectivity index (χ0n) is 17.7. The molecule has 1 aliphatic carbocycles. The lowest BCUT2D eigenvalue weighted by Crippen LogP contribution is -2.37. The molecule has 166 valence electrons. The van der Waals surface area contributed by atoms with Crippen LogP contribution in [0, 0.1) is 11.6 Å². The molecule has 0 spiro atoms. The second kappa shape index (κ2) is 9.08. The summed E-state index contributed by atoms with van der Waals surface area (Å²) in [4.78, 5) is 28.5. The van der Waals surface area contributed by atoms with Gasteiger partial charge in [-0.05, 0) is 72.9 Å². The minimum absolute atomic E-state index is 0.280. The SMILES string of the molecule is CCN(CC(=O)Nc1c(F)cccc1F)C(=O)c1cc2c(s1)-c1ccc(OC)cc1CC2. The zero-order chi connectivity index (χ0) is 22.8. The Balaban J connectivity index is 1.52. The molecule has 1 aromatic heterocycles. The predicted molar refractivity (Wildman–Crippen MR) is 120 cm³/mol. The van der Waals surface area contributed by atoms with Gasteiger partial charge in [0.1, 0.15) is 29.6 Å². The summed E-state index contributed by atoms with van der Waals surface area (Å²) in [5.41, 5.74) is 2.85.